The van der Waals surface area contributed by atoms with Crippen molar-refractivity contribution in [3.05, 3.63) is 23.8 Å². The molecule has 1 N–H and O–H groups in total. The van der Waals surface area contributed by atoms with Gasteiger partial charge in [0.1, 0.15) is 5.75 Å². The predicted molar refractivity (Wildman–Crippen MR) is 63.4 cm³/mol. The van der Waals surface area contributed by atoms with Crippen molar-refractivity contribution in [2.75, 3.05) is 26.1 Å². The van der Waals surface area contributed by atoms with Crippen LogP contribution in [-0.2, 0) is 4.79 Å². The Morgan fingerprint density at radius 3 is 2.50 bits per heavy atom. The molecule has 0 bridgehead atoms. The lowest BCUT2D eigenvalue weighted by Gasteiger charge is -2.17. The Morgan fingerprint density at radius 2 is 2.06 bits per heavy atom. The molecule has 0 heterocycles. The molecule has 0 aliphatic rings. The average molecular weight is 223 g/mol. The molecule has 0 amide bonds. The zero-order valence-electron chi connectivity index (χ0n) is 10.0. The normalized spacial score (nSPS) is 12.0. The zero-order valence-corrected chi connectivity index (χ0v) is 10.0. The van der Waals surface area contributed by atoms with Crippen LogP contribution in [0.5, 0.6) is 5.75 Å². The topological polar surface area (TPSA) is 49.8 Å². The molecule has 1 rings (SSSR count). The highest BCUT2D eigenvalue weighted by Crippen LogP contribution is 2.30. The molecule has 1 atom stereocenters. The molecule has 0 radical (unpaired) electrons. The van der Waals surface area contributed by atoms with Crippen LogP contribution in [0.3, 0.4) is 0 Å². The first-order valence-corrected chi connectivity index (χ1v) is 5.05. The maximum absolute atomic E-state index is 11.0. The van der Waals surface area contributed by atoms with Gasteiger partial charge in [0.05, 0.1) is 13.0 Å². The van der Waals surface area contributed by atoms with E-state index < -0.39 is 11.9 Å². The summed E-state index contributed by atoms with van der Waals surface area (Å²) in [6, 6.07) is 5.54. The van der Waals surface area contributed by atoms with Crippen LogP contribution < -0.4 is 9.64 Å². The quantitative estimate of drug-likeness (QED) is 0.847. The Kier molecular flexibility index (Phi) is 3.77. The molecule has 1 unspecified atom stereocenters. The van der Waals surface area contributed by atoms with Gasteiger partial charge >= 0.3 is 5.97 Å². The minimum atomic E-state index is -0.853. The molecule has 0 aliphatic heterocycles. The summed E-state index contributed by atoms with van der Waals surface area (Å²) in [4.78, 5) is 12.9. The van der Waals surface area contributed by atoms with E-state index in [1.54, 1.807) is 20.1 Å². The van der Waals surface area contributed by atoms with Crippen LogP contribution in [-0.4, -0.2) is 32.3 Å². The van der Waals surface area contributed by atoms with Crippen molar-refractivity contribution in [3.63, 3.8) is 0 Å². The number of anilines is 1. The van der Waals surface area contributed by atoms with Crippen LogP contribution in [0, 0.1) is 0 Å². The van der Waals surface area contributed by atoms with Crippen LogP contribution in [0.25, 0.3) is 0 Å². The second-order valence-electron chi connectivity index (χ2n) is 3.88. The number of carboxylic acid groups (broad SMARTS) is 1. The Hall–Kier alpha value is -1.71. The molecule has 1 aromatic carbocycles. The average Bonchev–Trinajstić information content (AvgIpc) is 2.26. The highest BCUT2D eigenvalue weighted by molar-refractivity contribution is 5.77. The molecule has 16 heavy (non-hydrogen) atoms. The van der Waals surface area contributed by atoms with Gasteiger partial charge in [-0.05, 0) is 25.1 Å². The third-order valence-corrected chi connectivity index (χ3v) is 2.57. The van der Waals surface area contributed by atoms with Crippen molar-refractivity contribution in [3.8, 4) is 5.75 Å². The summed E-state index contributed by atoms with van der Waals surface area (Å²) in [5.41, 5.74) is 1.66. The molecule has 0 aliphatic carbocycles. The summed E-state index contributed by atoms with van der Waals surface area (Å²) < 4.78 is 5.17. The molecule has 0 saturated carbocycles. The van der Waals surface area contributed by atoms with Crippen LogP contribution >= 0.6 is 0 Å². The van der Waals surface area contributed by atoms with Gasteiger partial charge < -0.3 is 14.7 Å². The van der Waals surface area contributed by atoms with Crippen LogP contribution in [0.4, 0.5) is 5.69 Å². The fraction of sp³-hybridized carbons (Fsp3) is 0.417. The molecule has 88 valence electrons. The Labute approximate surface area is 95.5 Å². The number of carbonyl (C=O) groups is 1. The van der Waals surface area contributed by atoms with Crippen molar-refractivity contribution in [2.45, 2.75) is 12.8 Å². The minimum absolute atomic E-state index is 0.574. The van der Waals surface area contributed by atoms with E-state index in [1.165, 1.54) is 0 Å². The van der Waals surface area contributed by atoms with Crippen molar-refractivity contribution in [1.29, 1.82) is 0 Å². The second kappa shape index (κ2) is 4.88. The van der Waals surface area contributed by atoms with E-state index in [4.69, 9.17) is 9.84 Å². The van der Waals surface area contributed by atoms with Crippen molar-refractivity contribution < 1.29 is 14.6 Å². The summed E-state index contributed by atoms with van der Waals surface area (Å²) in [6.45, 7) is 1.65. The van der Waals surface area contributed by atoms with E-state index in [2.05, 4.69) is 0 Å². The summed E-state index contributed by atoms with van der Waals surface area (Å²) in [7, 11) is 5.37. The highest BCUT2D eigenvalue weighted by Gasteiger charge is 2.18. The third kappa shape index (κ3) is 2.45. The lowest BCUT2D eigenvalue weighted by atomic mass is 9.99. The maximum atomic E-state index is 11.0. The Bertz CT molecular complexity index is 388. The van der Waals surface area contributed by atoms with Gasteiger partial charge in [-0.25, -0.2) is 0 Å². The highest BCUT2D eigenvalue weighted by atomic mass is 16.5. The number of carboxylic acids is 1. The van der Waals surface area contributed by atoms with Crippen molar-refractivity contribution >= 4 is 11.7 Å². The number of methoxy groups -OCH3 is 1. The number of rotatable bonds is 4. The molecule has 0 saturated heterocycles. The largest absolute Gasteiger partial charge is 0.496 e. The van der Waals surface area contributed by atoms with Gasteiger partial charge in [-0.1, -0.05) is 0 Å². The van der Waals surface area contributed by atoms with Gasteiger partial charge in [-0.15, -0.1) is 0 Å². The first-order valence-electron chi connectivity index (χ1n) is 5.05. The predicted octanol–water partition coefficient (Wildman–Crippen LogP) is 1.95. The first kappa shape index (κ1) is 12.4. The molecular formula is C12H17NO3. The van der Waals surface area contributed by atoms with E-state index in [1.807, 2.05) is 31.1 Å². The zero-order chi connectivity index (χ0) is 12.3. The lowest BCUT2D eigenvalue weighted by molar-refractivity contribution is -0.138. The van der Waals surface area contributed by atoms with E-state index >= 15 is 0 Å². The summed E-state index contributed by atoms with van der Waals surface area (Å²) in [6.07, 6.45) is 0. The third-order valence-electron chi connectivity index (χ3n) is 2.57. The molecule has 0 spiro atoms. The second-order valence-corrected chi connectivity index (χ2v) is 3.88. The SMILES string of the molecule is COc1ccc(N(C)C)cc1C(C)C(=O)O. The van der Waals surface area contributed by atoms with E-state index in [-0.39, 0.29) is 0 Å². The molecule has 4 heteroatoms. The molecule has 1 aromatic rings. The number of hydrogen-bond acceptors (Lipinski definition) is 3. The van der Waals surface area contributed by atoms with Crippen LogP contribution in [0.1, 0.15) is 18.4 Å². The summed E-state index contributed by atoms with van der Waals surface area (Å²) in [5, 5.41) is 9.02. The monoisotopic (exact) mass is 223 g/mol. The van der Waals surface area contributed by atoms with Gasteiger partial charge in [-0.2, -0.15) is 0 Å². The van der Waals surface area contributed by atoms with Crippen LogP contribution in [0.2, 0.25) is 0 Å². The first-order chi connectivity index (χ1) is 7.47. The van der Waals surface area contributed by atoms with E-state index in [0.717, 1.165) is 5.69 Å². The van der Waals surface area contributed by atoms with Crippen molar-refractivity contribution in [2.24, 2.45) is 0 Å². The number of benzene rings is 1. The number of aliphatic carboxylic acids is 1. The van der Waals surface area contributed by atoms with Crippen LogP contribution in [0.15, 0.2) is 18.2 Å². The fourth-order valence-corrected chi connectivity index (χ4v) is 1.47. The summed E-state index contributed by atoms with van der Waals surface area (Å²) in [5.74, 6) is -0.815. The molecule has 0 fully saturated rings. The lowest BCUT2D eigenvalue weighted by Crippen LogP contribution is -2.12. The fourth-order valence-electron chi connectivity index (χ4n) is 1.47. The van der Waals surface area contributed by atoms with Gasteiger partial charge in [0.25, 0.3) is 0 Å². The maximum Gasteiger partial charge on any atom is 0.310 e. The van der Waals surface area contributed by atoms with Crippen molar-refractivity contribution in [1.82, 2.24) is 0 Å². The smallest absolute Gasteiger partial charge is 0.310 e. The van der Waals surface area contributed by atoms with Gasteiger partial charge in [0, 0.05) is 25.3 Å². The number of nitrogens with zero attached hydrogens (tertiary/aromatic N) is 1. The number of ether oxygens (including phenoxy) is 1. The van der Waals surface area contributed by atoms with E-state index in [0.29, 0.717) is 11.3 Å². The van der Waals surface area contributed by atoms with Gasteiger partial charge in [-0.3, -0.25) is 4.79 Å². The van der Waals surface area contributed by atoms with Gasteiger partial charge in [0.2, 0.25) is 0 Å². The van der Waals surface area contributed by atoms with E-state index in [9.17, 15) is 4.79 Å². The Morgan fingerprint density at radius 1 is 1.44 bits per heavy atom. The minimum Gasteiger partial charge on any atom is -0.496 e. The summed E-state index contributed by atoms with van der Waals surface area (Å²) >= 11 is 0. The van der Waals surface area contributed by atoms with Gasteiger partial charge in [0.15, 0.2) is 0 Å². The molecule has 4 nitrogen and oxygen atoms in total. The number of hydrogen-bond donors (Lipinski definition) is 1. The molecular weight excluding hydrogens is 206 g/mol. The Balaban J connectivity index is 3.21. The molecule has 0 aromatic heterocycles. The standard InChI is InChI=1S/C12H17NO3/c1-8(12(14)15)10-7-9(13(2)3)5-6-11(10)16-4/h5-8H,1-4H3,(H,14,15).